The van der Waals surface area contributed by atoms with Gasteiger partial charge in [-0.15, -0.1) is 0 Å². The van der Waals surface area contributed by atoms with Crippen molar-refractivity contribution in [1.29, 1.82) is 0 Å². The third-order valence-corrected chi connectivity index (χ3v) is 3.56. The van der Waals surface area contributed by atoms with Gasteiger partial charge in [-0.3, -0.25) is 0 Å². The maximum Gasteiger partial charge on any atom is 0.337 e. The molecule has 1 heterocycles. The van der Waals surface area contributed by atoms with Gasteiger partial charge in [0.25, 0.3) is 0 Å². The normalized spacial score (nSPS) is 16.4. The number of methoxy groups -OCH3 is 1. The molecule has 0 aliphatic carbocycles. The predicted molar refractivity (Wildman–Crippen MR) is 74.2 cm³/mol. The summed E-state index contributed by atoms with van der Waals surface area (Å²) in [5.74, 6) is -0.586. The number of rotatable bonds is 2. The summed E-state index contributed by atoms with van der Waals surface area (Å²) in [7, 11) is 1.37. The van der Waals surface area contributed by atoms with Gasteiger partial charge in [-0.2, -0.15) is 0 Å². The number of halogens is 1. The number of anilines is 1. The maximum absolute atomic E-state index is 12.9. The van der Waals surface area contributed by atoms with E-state index in [4.69, 9.17) is 4.74 Å². The lowest BCUT2D eigenvalue weighted by molar-refractivity contribution is 0.0601. The van der Waals surface area contributed by atoms with E-state index < -0.39 is 0 Å². The lowest BCUT2D eigenvalue weighted by Crippen LogP contribution is -2.05. The minimum atomic E-state index is -0.347. The average Bonchev–Trinajstić information content (AvgIpc) is 2.90. The molecule has 1 aliphatic heterocycles. The zero-order valence-electron chi connectivity index (χ0n) is 11.0. The highest BCUT2D eigenvalue weighted by Crippen LogP contribution is 2.34. The van der Waals surface area contributed by atoms with Crippen LogP contribution in [-0.4, -0.2) is 13.1 Å². The number of benzene rings is 2. The van der Waals surface area contributed by atoms with E-state index >= 15 is 0 Å². The van der Waals surface area contributed by atoms with E-state index in [1.54, 1.807) is 24.3 Å². The van der Waals surface area contributed by atoms with Crippen molar-refractivity contribution in [1.82, 2.24) is 0 Å². The van der Waals surface area contributed by atoms with E-state index in [9.17, 15) is 9.18 Å². The third-order valence-electron chi connectivity index (χ3n) is 3.56. The fourth-order valence-electron chi connectivity index (χ4n) is 2.49. The fourth-order valence-corrected chi connectivity index (χ4v) is 2.49. The molecule has 1 unspecified atom stereocenters. The lowest BCUT2D eigenvalue weighted by atomic mass is 10.0. The van der Waals surface area contributed by atoms with Gasteiger partial charge in [-0.25, -0.2) is 9.18 Å². The summed E-state index contributed by atoms with van der Waals surface area (Å²) in [6.07, 6.45) is 0.822. The standard InChI is InChI=1S/C16H14FNO2/c1-20-16(19)12-3-2-11-8-14(18-15(11)9-12)10-4-6-13(17)7-5-10/h2-7,9,14,18H,8H2,1H3. The van der Waals surface area contributed by atoms with Crippen molar-refractivity contribution in [2.45, 2.75) is 12.5 Å². The minimum absolute atomic E-state index is 0.110. The Morgan fingerprint density at radius 2 is 2.00 bits per heavy atom. The van der Waals surface area contributed by atoms with Gasteiger partial charge in [0.2, 0.25) is 0 Å². The molecule has 1 atom stereocenters. The van der Waals surface area contributed by atoms with Crippen LogP contribution in [-0.2, 0) is 11.2 Å². The Bertz CT molecular complexity index is 652. The molecule has 1 aliphatic rings. The molecule has 0 fully saturated rings. The fraction of sp³-hybridized carbons (Fsp3) is 0.188. The molecule has 0 saturated heterocycles. The van der Waals surface area contributed by atoms with Crippen LogP contribution in [0.2, 0.25) is 0 Å². The van der Waals surface area contributed by atoms with E-state index in [1.165, 1.54) is 19.2 Å². The average molecular weight is 271 g/mol. The number of carbonyl (C=O) groups excluding carboxylic acids is 1. The highest BCUT2D eigenvalue weighted by atomic mass is 19.1. The molecular weight excluding hydrogens is 257 g/mol. The summed E-state index contributed by atoms with van der Waals surface area (Å²) < 4.78 is 17.7. The van der Waals surface area contributed by atoms with Crippen LogP contribution in [0.1, 0.15) is 27.5 Å². The summed E-state index contributed by atoms with van der Waals surface area (Å²) in [5.41, 5.74) is 3.63. The Hall–Kier alpha value is -2.36. The van der Waals surface area contributed by atoms with Crippen molar-refractivity contribution in [3.8, 4) is 0 Å². The van der Waals surface area contributed by atoms with Gasteiger partial charge in [0, 0.05) is 5.69 Å². The van der Waals surface area contributed by atoms with Gasteiger partial charge in [0.15, 0.2) is 0 Å². The van der Waals surface area contributed by atoms with Crippen LogP contribution < -0.4 is 5.32 Å². The molecule has 2 aromatic carbocycles. The summed E-state index contributed by atoms with van der Waals surface area (Å²) in [5, 5.41) is 3.36. The first-order valence-electron chi connectivity index (χ1n) is 6.40. The van der Waals surface area contributed by atoms with Crippen LogP contribution in [0.5, 0.6) is 0 Å². The molecule has 4 heteroatoms. The first kappa shape index (κ1) is 12.7. The predicted octanol–water partition coefficient (Wildman–Crippen LogP) is 3.32. The number of ether oxygens (including phenoxy) is 1. The van der Waals surface area contributed by atoms with Crippen LogP contribution >= 0.6 is 0 Å². The van der Waals surface area contributed by atoms with Gasteiger partial charge >= 0.3 is 5.97 Å². The maximum atomic E-state index is 12.9. The number of esters is 1. The van der Waals surface area contributed by atoms with E-state index in [0.29, 0.717) is 5.56 Å². The molecule has 102 valence electrons. The monoisotopic (exact) mass is 271 g/mol. The van der Waals surface area contributed by atoms with Crippen molar-refractivity contribution in [2.24, 2.45) is 0 Å². The molecule has 0 saturated carbocycles. The second-order valence-electron chi connectivity index (χ2n) is 4.82. The molecule has 3 rings (SSSR count). The molecule has 0 bridgehead atoms. The van der Waals surface area contributed by atoms with Crippen molar-refractivity contribution in [3.63, 3.8) is 0 Å². The van der Waals surface area contributed by atoms with E-state index in [2.05, 4.69) is 5.32 Å². The first-order valence-corrected chi connectivity index (χ1v) is 6.40. The van der Waals surface area contributed by atoms with Crippen LogP contribution in [0.4, 0.5) is 10.1 Å². The number of hydrogen-bond donors (Lipinski definition) is 1. The molecule has 0 aromatic heterocycles. The number of fused-ring (bicyclic) bond motifs is 1. The molecular formula is C16H14FNO2. The van der Waals surface area contributed by atoms with E-state index in [0.717, 1.165) is 23.2 Å². The van der Waals surface area contributed by atoms with E-state index in [-0.39, 0.29) is 17.8 Å². The summed E-state index contributed by atoms with van der Waals surface area (Å²) in [6, 6.07) is 12.1. The topological polar surface area (TPSA) is 38.3 Å². The van der Waals surface area contributed by atoms with Crippen LogP contribution in [0.3, 0.4) is 0 Å². The van der Waals surface area contributed by atoms with E-state index in [1.807, 2.05) is 6.07 Å². The molecule has 20 heavy (non-hydrogen) atoms. The third kappa shape index (κ3) is 2.25. The zero-order valence-corrected chi connectivity index (χ0v) is 11.0. The Kier molecular flexibility index (Phi) is 3.14. The largest absolute Gasteiger partial charge is 0.465 e. The van der Waals surface area contributed by atoms with Gasteiger partial charge in [0.05, 0.1) is 18.7 Å². The highest BCUT2D eigenvalue weighted by molar-refractivity contribution is 5.91. The smallest absolute Gasteiger partial charge is 0.337 e. The number of hydrogen-bond acceptors (Lipinski definition) is 3. The summed E-state index contributed by atoms with van der Waals surface area (Å²) in [6.45, 7) is 0. The molecule has 3 nitrogen and oxygen atoms in total. The van der Waals surface area contributed by atoms with Crippen LogP contribution in [0.25, 0.3) is 0 Å². The SMILES string of the molecule is COC(=O)c1ccc2c(c1)NC(c1ccc(F)cc1)C2. The minimum Gasteiger partial charge on any atom is -0.465 e. The summed E-state index contributed by atoms with van der Waals surface area (Å²) in [4.78, 5) is 11.5. The molecule has 0 amide bonds. The van der Waals surface area contributed by atoms with Crippen molar-refractivity contribution in [2.75, 3.05) is 12.4 Å². The van der Waals surface area contributed by atoms with Gasteiger partial charge in [-0.1, -0.05) is 18.2 Å². The molecule has 1 N–H and O–H groups in total. The highest BCUT2D eigenvalue weighted by Gasteiger charge is 2.23. The lowest BCUT2D eigenvalue weighted by Gasteiger charge is -2.11. The van der Waals surface area contributed by atoms with Crippen molar-refractivity contribution >= 4 is 11.7 Å². The molecule has 0 radical (unpaired) electrons. The Morgan fingerprint density at radius 3 is 2.70 bits per heavy atom. The second-order valence-corrected chi connectivity index (χ2v) is 4.82. The Morgan fingerprint density at radius 1 is 1.25 bits per heavy atom. The van der Waals surface area contributed by atoms with Gasteiger partial charge in [-0.05, 0) is 41.8 Å². The van der Waals surface area contributed by atoms with Crippen LogP contribution in [0.15, 0.2) is 42.5 Å². The summed E-state index contributed by atoms with van der Waals surface area (Å²) >= 11 is 0. The molecule has 0 spiro atoms. The first-order chi connectivity index (χ1) is 9.67. The second kappa shape index (κ2) is 4.96. The van der Waals surface area contributed by atoms with Crippen molar-refractivity contribution < 1.29 is 13.9 Å². The van der Waals surface area contributed by atoms with Crippen molar-refractivity contribution in [3.05, 3.63) is 65.0 Å². The number of nitrogens with one attached hydrogen (secondary N) is 1. The van der Waals surface area contributed by atoms with Gasteiger partial charge < -0.3 is 10.1 Å². The zero-order chi connectivity index (χ0) is 14.1. The Labute approximate surface area is 116 Å². The quantitative estimate of drug-likeness (QED) is 0.851. The van der Waals surface area contributed by atoms with Gasteiger partial charge in [0.1, 0.15) is 5.82 Å². The molecule has 2 aromatic rings. The Balaban J connectivity index is 1.85. The van der Waals surface area contributed by atoms with Crippen LogP contribution in [0, 0.1) is 5.82 Å². The number of carbonyl (C=O) groups is 1.